The molecule has 0 amide bonds. The van der Waals surface area contributed by atoms with Gasteiger partial charge in [0.15, 0.2) is 0 Å². The number of hydrogen-bond acceptors (Lipinski definition) is 17. The summed E-state index contributed by atoms with van der Waals surface area (Å²) in [6.07, 6.45) is 8.01. The van der Waals surface area contributed by atoms with Gasteiger partial charge in [0.05, 0.1) is 76.1 Å². The summed E-state index contributed by atoms with van der Waals surface area (Å²) in [6.45, 7) is 38.8. The monoisotopic (exact) mass is 1920 g/mol. The summed E-state index contributed by atoms with van der Waals surface area (Å²) in [4.78, 5) is 46.3. The molecule has 0 N–H and O–H groups in total. The lowest BCUT2D eigenvalue weighted by molar-refractivity contribution is 0.567. The van der Waals surface area contributed by atoms with Crippen molar-refractivity contribution < 1.29 is 0 Å². The van der Waals surface area contributed by atoms with E-state index in [1.807, 2.05) is 58.5 Å². The summed E-state index contributed by atoms with van der Waals surface area (Å²) in [7, 11) is 0. The van der Waals surface area contributed by atoms with Gasteiger partial charge in [-0.2, -0.15) is 0 Å². The fourth-order valence-electron chi connectivity index (χ4n) is 21.3. The minimum atomic E-state index is 0.110. The molecule has 12 heterocycles. The standard InChI is InChI=1S/3C25H24N2S.2C24H23N3S/c3*1-17-12-13-23-20(14-17)26-24(28-23)15-18-8-4-6-10-21(18)27-16-25(2,3)19-9-5-7-11-22(19)27;2*1-16-10-11-21-19(13-16)26-22(28-21)14-17-7-6-12-25-23(17)27-15-24(2,3)18-8-4-5-9-20(18)27/h3*4-14H,15-16H2,1-3H3;2*4-13H,14-15H2,1-3H3. The summed E-state index contributed by atoms with van der Waals surface area (Å²) in [5, 5.41) is 5.82. The molecule has 12 nitrogen and oxygen atoms in total. The summed E-state index contributed by atoms with van der Waals surface area (Å²) in [5.41, 5.74) is 36.5. The van der Waals surface area contributed by atoms with Crippen LogP contribution in [0.25, 0.3) is 51.1 Å². The van der Waals surface area contributed by atoms with Crippen LogP contribution in [0.1, 0.15) is 178 Å². The van der Waals surface area contributed by atoms with E-state index in [4.69, 9.17) is 34.9 Å². The molecule has 20 aromatic rings. The Labute approximate surface area is 843 Å². The predicted octanol–water partition coefficient (Wildman–Crippen LogP) is 31.9. The Morgan fingerprint density at radius 3 is 0.650 bits per heavy atom. The van der Waals surface area contributed by atoms with Crippen molar-refractivity contribution in [1.29, 1.82) is 0 Å². The molecular weight excluding hydrogens is 1810 g/mol. The summed E-state index contributed by atoms with van der Waals surface area (Å²) >= 11 is 8.98. The van der Waals surface area contributed by atoms with Crippen molar-refractivity contribution >= 4 is 165 Å². The molecule has 0 aliphatic carbocycles. The quantitative estimate of drug-likeness (QED) is 0.0975. The van der Waals surface area contributed by atoms with Crippen LogP contribution in [0.4, 0.5) is 57.1 Å². The topological polar surface area (TPSA) is 106 Å². The van der Waals surface area contributed by atoms with Crippen molar-refractivity contribution in [1.82, 2.24) is 34.9 Å². The zero-order valence-electron chi connectivity index (χ0n) is 82.6. The van der Waals surface area contributed by atoms with Crippen molar-refractivity contribution in [2.45, 2.75) is 163 Å². The first kappa shape index (κ1) is 92.9. The summed E-state index contributed by atoms with van der Waals surface area (Å²) in [5.74, 6) is 2.10. The molecule has 5 aliphatic rings. The van der Waals surface area contributed by atoms with E-state index < -0.39 is 0 Å². The minimum absolute atomic E-state index is 0.110. The number of anilines is 10. The molecule has 0 spiro atoms. The average molecular weight is 1920 g/mol. The van der Waals surface area contributed by atoms with Crippen LogP contribution in [0, 0.1) is 34.6 Å². The SMILES string of the molecule is Cc1ccc2sc(Cc3ccccc3N3CC(C)(C)c4ccccc43)nc2c1.Cc1ccc2sc(Cc3ccccc3N3CC(C)(C)c4ccccc43)nc2c1.Cc1ccc2sc(Cc3ccccc3N3CC(C)(C)c4ccccc43)nc2c1.Cc1ccc2sc(Cc3cccnc3N3CC(C)(C)c4ccccc43)nc2c1.Cc1ccc2sc(Cc3cccnc3N3CC(C)(C)c4ccccc43)nc2c1. The number of nitrogens with zero attached hydrogens (tertiary/aromatic N) is 12. The number of aryl methyl sites for hydroxylation is 5. The third kappa shape index (κ3) is 19.0. The second-order valence-corrected chi connectivity index (χ2v) is 47.1. The number of fused-ring (bicyclic) bond motifs is 10. The first-order valence-electron chi connectivity index (χ1n) is 48.8. The van der Waals surface area contributed by atoms with Crippen molar-refractivity contribution in [2.24, 2.45) is 0 Å². The highest BCUT2D eigenvalue weighted by atomic mass is 32.1. The molecule has 5 aliphatic heterocycles. The van der Waals surface area contributed by atoms with Gasteiger partial charge in [-0.1, -0.05) is 257 Å². The molecule has 0 bridgehead atoms. The lowest BCUT2D eigenvalue weighted by Gasteiger charge is -2.25. The van der Waals surface area contributed by atoms with E-state index in [0.29, 0.717) is 0 Å². The van der Waals surface area contributed by atoms with Gasteiger partial charge in [0.2, 0.25) is 0 Å². The van der Waals surface area contributed by atoms with Crippen molar-refractivity contribution in [3.63, 3.8) is 0 Å². The molecule has 0 fully saturated rings. The van der Waals surface area contributed by atoms with Crippen LogP contribution in [0.5, 0.6) is 0 Å². The van der Waals surface area contributed by atoms with Gasteiger partial charge >= 0.3 is 0 Å². The van der Waals surface area contributed by atoms with E-state index in [2.05, 4.69) is 426 Å². The number of para-hydroxylation sites is 8. The molecule has 700 valence electrons. The Morgan fingerprint density at radius 2 is 0.407 bits per heavy atom. The fourth-order valence-corrected chi connectivity index (χ4v) is 26.1. The largest absolute Gasteiger partial charge is 0.340 e. The molecule has 0 atom stereocenters. The second-order valence-electron chi connectivity index (χ2n) is 41.6. The van der Waals surface area contributed by atoms with Crippen LogP contribution in [-0.2, 0) is 59.2 Å². The third-order valence-corrected chi connectivity index (χ3v) is 33.3. The van der Waals surface area contributed by atoms with Crippen LogP contribution >= 0.6 is 56.7 Å². The molecule has 0 saturated carbocycles. The van der Waals surface area contributed by atoms with Crippen LogP contribution in [-0.4, -0.2) is 67.6 Å². The number of hydrogen-bond donors (Lipinski definition) is 0. The van der Waals surface area contributed by atoms with Gasteiger partial charge in [0.1, 0.15) is 11.6 Å². The smallest absolute Gasteiger partial charge is 0.136 e. The van der Waals surface area contributed by atoms with Crippen molar-refractivity contribution in [3.05, 3.63) is 430 Å². The number of aromatic nitrogens is 7. The van der Waals surface area contributed by atoms with Gasteiger partial charge in [0.25, 0.3) is 0 Å². The van der Waals surface area contributed by atoms with Crippen LogP contribution in [0.15, 0.2) is 322 Å². The molecular formula is C123H118N12S5. The minimum Gasteiger partial charge on any atom is -0.340 e. The lowest BCUT2D eigenvalue weighted by atomic mass is 9.87. The van der Waals surface area contributed by atoms with E-state index in [0.717, 1.165) is 114 Å². The van der Waals surface area contributed by atoms with Crippen LogP contribution in [0.2, 0.25) is 0 Å². The van der Waals surface area contributed by atoms with E-state index in [9.17, 15) is 0 Å². The van der Waals surface area contributed by atoms with Gasteiger partial charge in [-0.15, -0.1) is 56.7 Å². The molecule has 25 rings (SSSR count). The second kappa shape index (κ2) is 38.0. The van der Waals surface area contributed by atoms with Crippen molar-refractivity contribution in [2.75, 3.05) is 57.2 Å². The normalized spacial score (nSPS) is 15.2. The first-order chi connectivity index (χ1) is 67.5. The Hall–Kier alpha value is -13.4. The average Bonchev–Trinajstić information content (AvgIpc) is 1.62. The van der Waals surface area contributed by atoms with Crippen LogP contribution in [0.3, 0.4) is 0 Å². The maximum Gasteiger partial charge on any atom is 0.136 e. The summed E-state index contributed by atoms with van der Waals surface area (Å²) < 4.78 is 6.31. The van der Waals surface area contributed by atoms with Gasteiger partial charge < -0.3 is 24.5 Å². The number of rotatable bonds is 15. The third-order valence-electron chi connectivity index (χ3n) is 28.1. The Bertz CT molecular complexity index is 6950. The Morgan fingerprint density at radius 1 is 0.214 bits per heavy atom. The number of pyridine rings is 2. The lowest BCUT2D eigenvalue weighted by Crippen LogP contribution is -2.26. The van der Waals surface area contributed by atoms with Crippen LogP contribution < -0.4 is 24.5 Å². The van der Waals surface area contributed by atoms with Gasteiger partial charge in [-0.3, -0.25) is 0 Å². The van der Waals surface area contributed by atoms with E-state index in [1.54, 1.807) is 22.7 Å². The fraction of sp³-hybridized carbons (Fsp3) is 0.244. The van der Waals surface area contributed by atoms with E-state index in [1.165, 1.54) is 167 Å². The predicted molar refractivity (Wildman–Crippen MR) is 596 cm³/mol. The molecule has 0 unspecified atom stereocenters. The van der Waals surface area contributed by atoms with E-state index >= 15 is 0 Å². The maximum absolute atomic E-state index is 4.91. The zero-order chi connectivity index (χ0) is 96.5. The van der Waals surface area contributed by atoms with Gasteiger partial charge in [-0.05, 0) is 228 Å². The zero-order valence-corrected chi connectivity index (χ0v) is 86.7. The van der Waals surface area contributed by atoms with E-state index in [-0.39, 0.29) is 27.1 Å². The molecule has 140 heavy (non-hydrogen) atoms. The highest BCUT2D eigenvalue weighted by molar-refractivity contribution is 7.20. The molecule has 13 aromatic carbocycles. The number of benzene rings is 13. The first-order valence-corrected chi connectivity index (χ1v) is 52.9. The van der Waals surface area contributed by atoms with Gasteiger partial charge in [-0.25, -0.2) is 34.9 Å². The Balaban J connectivity index is 0.000000104. The molecule has 0 radical (unpaired) electrons. The molecule has 0 saturated heterocycles. The van der Waals surface area contributed by atoms with Gasteiger partial charge in [0, 0.05) is 161 Å². The highest BCUT2D eigenvalue weighted by Gasteiger charge is 2.42. The maximum atomic E-state index is 4.91. The summed E-state index contributed by atoms with van der Waals surface area (Å²) in [6, 6.07) is 111. The molecule has 7 aromatic heterocycles. The molecule has 17 heteroatoms. The Kier molecular flexibility index (Phi) is 25.2. The van der Waals surface area contributed by atoms with Crippen molar-refractivity contribution in [3.8, 4) is 0 Å². The highest BCUT2D eigenvalue weighted by Crippen LogP contribution is 2.52. The number of thiazole rings is 5.